The topological polar surface area (TPSA) is 77.8 Å². The number of aliphatic hydroxyl groups excluding tert-OH is 1. The minimum Gasteiger partial charge on any atom is -0.506 e. The second kappa shape index (κ2) is 7.52. The van der Waals surface area contributed by atoms with Crippen LogP contribution >= 0.6 is 11.6 Å². The predicted molar refractivity (Wildman–Crippen MR) is 107 cm³/mol. The van der Waals surface area contributed by atoms with Crippen LogP contribution in [0.25, 0.3) is 0 Å². The SMILES string of the molecule is CC(C)(C)C(=O)C1=C(O)C(=O)N(Cc2ccc(F)cc2)C1c1ccc(O)c(Cl)c1. The summed E-state index contributed by atoms with van der Waals surface area (Å²) >= 11 is 6.05. The third-order valence-electron chi connectivity index (χ3n) is 4.78. The van der Waals surface area contributed by atoms with Crippen molar-refractivity contribution in [1.82, 2.24) is 4.90 Å². The molecule has 2 N–H and O–H groups in total. The van der Waals surface area contributed by atoms with E-state index in [2.05, 4.69) is 0 Å². The van der Waals surface area contributed by atoms with E-state index >= 15 is 0 Å². The highest BCUT2D eigenvalue weighted by atomic mass is 35.5. The molecule has 2 aromatic carbocycles. The minimum atomic E-state index is -0.891. The van der Waals surface area contributed by atoms with Gasteiger partial charge >= 0.3 is 0 Å². The molecule has 0 saturated heterocycles. The van der Waals surface area contributed by atoms with E-state index in [0.717, 1.165) is 0 Å². The van der Waals surface area contributed by atoms with Gasteiger partial charge < -0.3 is 15.1 Å². The van der Waals surface area contributed by atoms with Crippen molar-refractivity contribution >= 4 is 23.3 Å². The number of Topliss-reactive ketones (excluding diaryl/α,β-unsaturated/α-hetero) is 1. The van der Waals surface area contributed by atoms with Crippen molar-refractivity contribution in [3.8, 4) is 5.75 Å². The number of aromatic hydroxyl groups is 1. The zero-order chi connectivity index (χ0) is 21.5. The monoisotopic (exact) mass is 417 g/mol. The number of rotatable bonds is 4. The number of aliphatic hydroxyl groups is 1. The van der Waals surface area contributed by atoms with E-state index < -0.39 is 28.9 Å². The first-order valence-electron chi connectivity index (χ1n) is 9.02. The van der Waals surface area contributed by atoms with Gasteiger partial charge in [-0.05, 0) is 35.4 Å². The van der Waals surface area contributed by atoms with Gasteiger partial charge in [0.15, 0.2) is 11.5 Å². The van der Waals surface area contributed by atoms with Crippen molar-refractivity contribution in [1.29, 1.82) is 0 Å². The third-order valence-corrected chi connectivity index (χ3v) is 5.09. The summed E-state index contributed by atoms with van der Waals surface area (Å²) < 4.78 is 13.3. The maximum atomic E-state index is 13.3. The van der Waals surface area contributed by atoms with Gasteiger partial charge in [0.25, 0.3) is 5.91 Å². The molecule has 152 valence electrons. The number of ketones is 1. The maximum absolute atomic E-state index is 13.3. The lowest BCUT2D eigenvalue weighted by atomic mass is 9.82. The van der Waals surface area contributed by atoms with E-state index in [1.54, 1.807) is 26.8 Å². The Bertz CT molecular complexity index is 1010. The van der Waals surface area contributed by atoms with E-state index in [9.17, 15) is 24.2 Å². The largest absolute Gasteiger partial charge is 0.506 e. The number of halogens is 2. The average molecular weight is 418 g/mol. The second-order valence-corrected chi connectivity index (χ2v) is 8.42. The fourth-order valence-electron chi connectivity index (χ4n) is 3.28. The number of carbonyl (C=O) groups excluding carboxylic acids is 2. The summed E-state index contributed by atoms with van der Waals surface area (Å²) in [4.78, 5) is 27.3. The van der Waals surface area contributed by atoms with Crippen molar-refractivity contribution in [3.63, 3.8) is 0 Å². The normalized spacial score (nSPS) is 17.2. The summed E-state index contributed by atoms with van der Waals surface area (Å²) in [6, 6.07) is 9.10. The van der Waals surface area contributed by atoms with Crippen LogP contribution in [-0.2, 0) is 16.1 Å². The number of nitrogens with zero attached hydrogens (tertiary/aromatic N) is 1. The molecule has 0 saturated carbocycles. The molecule has 1 aliphatic heterocycles. The van der Waals surface area contributed by atoms with Gasteiger partial charge in [-0.25, -0.2) is 4.39 Å². The molecule has 0 bridgehead atoms. The molecule has 0 radical (unpaired) electrons. The maximum Gasteiger partial charge on any atom is 0.290 e. The summed E-state index contributed by atoms with van der Waals surface area (Å²) in [5.74, 6) is -2.23. The van der Waals surface area contributed by atoms with Gasteiger partial charge in [-0.3, -0.25) is 9.59 Å². The van der Waals surface area contributed by atoms with Crippen molar-refractivity contribution in [2.45, 2.75) is 33.4 Å². The first kappa shape index (κ1) is 20.9. The Balaban J connectivity index is 2.11. The molecule has 0 fully saturated rings. The van der Waals surface area contributed by atoms with Crippen molar-refractivity contribution in [2.75, 3.05) is 0 Å². The molecule has 1 amide bonds. The number of benzene rings is 2. The van der Waals surface area contributed by atoms with Crippen molar-refractivity contribution in [3.05, 3.63) is 75.8 Å². The Hall–Kier alpha value is -2.86. The third kappa shape index (κ3) is 3.98. The van der Waals surface area contributed by atoms with Gasteiger partial charge in [0.1, 0.15) is 11.6 Å². The number of carbonyl (C=O) groups is 2. The highest BCUT2D eigenvalue weighted by Gasteiger charge is 2.46. The highest BCUT2D eigenvalue weighted by Crippen LogP contribution is 2.43. The molecule has 0 spiro atoms. The van der Waals surface area contributed by atoms with E-state index in [4.69, 9.17) is 11.6 Å². The van der Waals surface area contributed by atoms with Crippen LogP contribution in [0.4, 0.5) is 4.39 Å². The van der Waals surface area contributed by atoms with Crippen LogP contribution in [-0.4, -0.2) is 26.8 Å². The second-order valence-electron chi connectivity index (χ2n) is 8.01. The van der Waals surface area contributed by atoms with Crippen LogP contribution in [0, 0.1) is 11.2 Å². The number of hydrogen-bond donors (Lipinski definition) is 2. The first-order chi connectivity index (χ1) is 13.5. The van der Waals surface area contributed by atoms with E-state index in [1.807, 2.05) is 0 Å². The lowest BCUT2D eigenvalue weighted by molar-refractivity contribution is -0.130. The molecule has 5 nitrogen and oxygen atoms in total. The van der Waals surface area contributed by atoms with Gasteiger partial charge in [-0.15, -0.1) is 0 Å². The Morgan fingerprint density at radius 3 is 2.31 bits per heavy atom. The van der Waals surface area contributed by atoms with Crippen molar-refractivity contribution < 1.29 is 24.2 Å². The number of phenolic OH excluding ortho intramolecular Hbond substituents is 1. The number of amides is 1. The molecular formula is C22H21ClFNO4. The molecule has 1 unspecified atom stereocenters. The molecule has 3 rings (SSSR count). The molecule has 0 aromatic heterocycles. The van der Waals surface area contributed by atoms with Gasteiger partial charge in [0, 0.05) is 12.0 Å². The molecule has 29 heavy (non-hydrogen) atoms. The summed E-state index contributed by atoms with van der Waals surface area (Å²) in [5.41, 5.74) is 0.243. The first-order valence-corrected chi connectivity index (χ1v) is 9.40. The van der Waals surface area contributed by atoms with Gasteiger partial charge in [0.2, 0.25) is 0 Å². The molecule has 2 aromatic rings. The van der Waals surface area contributed by atoms with Crippen LogP contribution in [0.2, 0.25) is 5.02 Å². The zero-order valence-electron chi connectivity index (χ0n) is 16.2. The molecular weight excluding hydrogens is 397 g/mol. The molecule has 1 aliphatic rings. The van der Waals surface area contributed by atoms with Crippen LogP contribution in [0.3, 0.4) is 0 Å². The lowest BCUT2D eigenvalue weighted by Crippen LogP contribution is -2.32. The Morgan fingerprint density at radius 2 is 1.76 bits per heavy atom. The standard InChI is InChI=1S/C22H21ClFNO4/c1-22(2,3)20(28)17-18(13-6-9-16(26)15(23)10-13)25(21(29)19(17)27)11-12-4-7-14(24)8-5-12/h4-10,18,26-27H,11H2,1-3H3. The van der Waals surface area contributed by atoms with E-state index in [0.29, 0.717) is 11.1 Å². The molecule has 7 heteroatoms. The Morgan fingerprint density at radius 1 is 1.14 bits per heavy atom. The summed E-state index contributed by atoms with van der Waals surface area (Å²) in [7, 11) is 0. The fraction of sp³-hybridized carbons (Fsp3) is 0.273. The average Bonchev–Trinajstić information content (AvgIpc) is 2.89. The van der Waals surface area contributed by atoms with Crippen molar-refractivity contribution in [2.24, 2.45) is 5.41 Å². The van der Waals surface area contributed by atoms with Gasteiger partial charge in [-0.1, -0.05) is 50.6 Å². The van der Waals surface area contributed by atoms with Crippen LogP contribution in [0.1, 0.15) is 37.9 Å². The zero-order valence-corrected chi connectivity index (χ0v) is 17.0. The van der Waals surface area contributed by atoms with Crippen LogP contribution < -0.4 is 0 Å². The lowest BCUT2D eigenvalue weighted by Gasteiger charge is -2.29. The molecule has 0 aliphatic carbocycles. The molecule has 1 atom stereocenters. The Kier molecular flexibility index (Phi) is 5.41. The number of hydrogen-bond acceptors (Lipinski definition) is 4. The summed E-state index contributed by atoms with van der Waals surface area (Å²) in [6.07, 6.45) is 0. The fourth-order valence-corrected chi connectivity index (χ4v) is 3.47. The van der Waals surface area contributed by atoms with Gasteiger partial charge in [-0.2, -0.15) is 0 Å². The van der Waals surface area contributed by atoms with Crippen LogP contribution in [0.5, 0.6) is 5.75 Å². The molecule has 1 heterocycles. The van der Waals surface area contributed by atoms with E-state index in [-0.39, 0.29) is 28.7 Å². The van der Waals surface area contributed by atoms with Crippen LogP contribution in [0.15, 0.2) is 53.8 Å². The van der Waals surface area contributed by atoms with E-state index in [1.165, 1.54) is 41.3 Å². The Labute approximate surface area is 173 Å². The summed E-state index contributed by atoms with van der Waals surface area (Å²) in [5, 5.41) is 20.4. The van der Waals surface area contributed by atoms with Gasteiger partial charge in [0.05, 0.1) is 16.6 Å². The number of phenols is 1. The predicted octanol–water partition coefficient (Wildman–Crippen LogP) is 4.70. The highest BCUT2D eigenvalue weighted by molar-refractivity contribution is 6.32. The summed E-state index contributed by atoms with van der Waals surface area (Å²) in [6.45, 7) is 5.14. The minimum absolute atomic E-state index is 0.0219. The smallest absolute Gasteiger partial charge is 0.290 e. The quantitative estimate of drug-likeness (QED) is 0.756.